The summed E-state index contributed by atoms with van der Waals surface area (Å²) in [6.07, 6.45) is 4.36. The molecule has 100 valence electrons. The lowest BCUT2D eigenvalue weighted by atomic mass is 10.3. The van der Waals surface area contributed by atoms with Gasteiger partial charge in [-0.15, -0.1) is 0 Å². The van der Waals surface area contributed by atoms with Crippen molar-refractivity contribution >= 4 is 27.2 Å². The molecule has 2 rings (SSSR count). The Kier molecular flexibility index (Phi) is 3.88. The third kappa shape index (κ3) is 3.34. The molecule has 19 heavy (non-hydrogen) atoms. The minimum absolute atomic E-state index is 0.0408. The molecule has 0 aliphatic rings. The van der Waals surface area contributed by atoms with Gasteiger partial charge in [-0.2, -0.15) is 0 Å². The van der Waals surface area contributed by atoms with Gasteiger partial charge >= 0.3 is 0 Å². The zero-order valence-electron chi connectivity index (χ0n) is 9.70. The molecule has 9 heteroatoms. The Morgan fingerprint density at radius 3 is 2.74 bits per heavy atom. The van der Waals surface area contributed by atoms with Crippen molar-refractivity contribution in [3.63, 3.8) is 0 Å². The van der Waals surface area contributed by atoms with Gasteiger partial charge in [0.2, 0.25) is 10.0 Å². The topological polar surface area (TPSA) is 114 Å². The van der Waals surface area contributed by atoms with Crippen molar-refractivity contribution in [2.75, 3.05) is 0 Å². The number of rotatable bonds is 5. The molecule has 0 aliphatic heterocycles. The van der Waals surface area contributed by atoms with Crippen LogP contribution in [0.1, 0.15) is 11.5 Å². The number of aromatic amines is 1. The number of hydrogen-bond acceptors (Lipinski definition) is 5. The summed E-state index contributed by atoms with van der Waals surface area (Å²) >= 11 is 4.74. The summed E-state index contributed by atoms with van der Waals surface area (Å²) in [6, 6.07) is 2.86. The molecule has 0 atom stereocenters. The summed E-state index contributed by atoms with van der Waals surface area (Å²) in [5.74, 6) is 0.524. The van der Waals surface area contributed by atoms with Gasteiger partial charge in [0.25, 0.3) is 0 Å². The molecular formula is C10H11N5O2S2. The smallest absolute Gasteiger partial charge is 0.242 e. The van der Waals surface area contributed by atoms with E-state index in [9.17, 15) is 8.42 Å². The summed E-state index contributed by atoms with van der Waals surface area (Å²) in [5.41, 5.74) is 5.76. The Bertz CT molecular complexity index is 664. The zero-order valence-corrected chi connectivity index (χ0v) is 11.3. The first-order chi connectivity index (χ1) is 8.99. The Labute approximate surface area is 115 Å². The van der Waals surface area contributed by atoms with E-state index in [2.05, 4.69) is 19.7 Å². The second-order valence-electron chi connectivity index (χ2n) is 3.60. The number of sulfonamides is 1. The monoisotopic (exact) mass is 297 g/mol. The summed E-state index contributed by atoms with van der Waals surface area (Å²) in [5, 5.41) is 0. The third-order valence-corrected chi connectivity index (χ3v) is 3.88. The van der Waals surface area contributed by atoms with E-state index >= 15 is 0 Å². The van der Waals surface area contributed by atoms with E-state index in [1.54, 1.807) is 12.4 Å². The van der Waals surface area contributed by atoms with Gasteiger partial charge in [0, 0.05) is 18.6 Å². The van der Waals surface area contributed by atoms with Gasteiger partial charge in [-0.1, -0.05) is 12.2 Å². The molecular weight excluding hydrogens is 286 g/mol. The maximum atomic E-state index is 12.0. The van der Waals surface area contributed by atoms with E-state index < -0.39 is 10.0 Å². The first-order valence-corrected chi connectivity index (χ1v) is 7.12. The molecule has 0 saturated carbocycles. The Balaban J connectivity index is 2.13. The van der Waals surface area contributed by atoms with E-state index in [1.807, 2.05) is 0 Å². The van der Waals surface area contributed by atoms with E-state index in [-0.39, 0.29) is 16.4 Å². The van der Waals surface area contributed by atoms with Crippen molar-refractivity contribution in [1.82, 2.24) is 19.7 Å². The largest absolute Gasteiger partial charge is 0.388 e. The molecule has 7 nitrogen and oxygen atoms in total. The van der Waals surface area contributed by atoms with Gasteiger partial charge in [0.05, 0.1) is 12.2 Å². The highest BCUT2D eigenvalue weighted by molar-refractivity contribution is 7.89. The summed E-state index contributed by atoms with van der Waals surface area (Å²) in [7, 11) is -3.64. The highest BCUT2D eigenvalue weighted by Gasteiger charge is 2.15. The van der Waals surface area contributed by atoms with Crippen LogP contribution >= 0.6 is 12.2 Å². The number of aromatic nitrogens is 3. The van der Waals surface area contributed by atoms with Crippen molar-refractivity contribution in [2.24, 2.45) is 5.73 Å². The maximum Gasteiger partial charge on any atom is 0.242 e. The van der Waals surface area contributed by atoms with Gasteiger partial charge in [-0.3, -0.25) is 4.98 Å². The lowest BCUT2D eigenvalue weighted by Gasteiger charge is -2.05. The minimum atomic E-state index is -3.64. The Morgan fingerprint density at radius 1 is 1.42 bits per heavy atom. The van der Waals surface area contributed by atoms with Crippen molar-refractivity contribution in [1.29, 1.82) is 0 Å². The van der Waals surface area contributed by atoms with Crippen molar-refractivity contribution in [3.8, 4) is 0 Å². The van der Waals surface area contributed by atoms with Crippen LogP contribution in [0.5, 0.6) is 0 Å². The zero-order chi connectivity index (χ0) is 13.9. The molecule has 2 aromatic rings. The van der Waals surface area contributed by atoms with Gasteiger partial charge in [0.1, 0.15) is 15.7 Å². The van der Waals surface area contributed by atoms with Gasteiger partial charge in [-0.05, 0) is 12.1 Å². The number of nitrogens with zero attached hydrogens (tertiary/aromatic N) is 2. The summed E-state index contributed by atoms with van der Waals surface area (Å²) in [4.78, 5) is 10.8. The standard InChI is InChI=1S/C10H11N5O2S2/c11-10(18)8-2-1-7(5-14-8)19(16,17)15-6-9-12-3-4-13-9/h1-5,15H,6H2,(H2,11,18)(H,12,13). The quantitative estimate of drug-likeness (QED) is 0.665. The summed E-state index contributed by atoms with van der Waals surface area (Å²) < 4.78 is 26.3. The van der Waals surface area contributed by atoms with Crippen molar-refractivity contribution < 1.29 is 8.42 Å². The van der Waals surface area contributed by atoms with Gasteiger partial charge in [0.15, 0.2) is 0 Å². The molecule has 2 heterocycles. The van der Waals surface area contributed by atoms with Crippen LogP contribution in [-0.4, -0.2) is 28.4 Å². The van der Waals surface area contributed by atoms with Crippen LogP contribution < -0.4 is 10.5 Å². The highest BCUT2D eigenvalue weighted by Crippen LogP contribution is 2.08. The van der Waals surface area contributed by atoms with Crippen molar-refractivity contribution in [3.05, 3.63) is 42.2 Å². The molecule has 0 bridgehead atoms. The number of hydrogen-bond donors (Lipinski definition) is 3. The molecule has 0 amide bonds. The van der Waals surface area contributed by atoms with Crippen LogP contribution in [0.3, 0.4) is 0 Å². The predicted octanol–water partition coefficient (Wildman–Crippen LogP) is -0.0826. The molecule has 0 aliphatic carbocycles. The Morgan fingerprint density at radius 2 is 2.21 bits per heavy atom. The fraction of sp³-hybridized carbons (Fsp3) is 0.100. The lowest BCUT2D eigenvalue weighted by Crippen LogP contribution is -2.24. The average molecular weight is 297 g/mol. The SMILES string of the molecule is NC(=S)c1ccc(S(=O)(=O)NCc2ncc[nH]2)cn1. The van der Waals surface area contributed by atoms with Crippen molar-refractivity contribution in [2.45, 2.75) is 11.4 Å². The van der Waals surface area contributed by atoms with E-state index in [1.165, 1.54) is 18.3 Å². The van der Waals surface area contributed by atoms with Gasteiger partial charge in [-0.25, -0.2) is 18.1 Å². The van der Waals surface area contributed by atoms with E-state index in [0.29, 0.717) is 11.5 Å². The molecule has 0 aromatic carbocycles. The van der Waals surface area contributed by atoms with E-state index in [0.717, 1.165) is 0 Å². The second-order valence-corrected chi connectivity index (χ2v) is 5.81. The molecule has 0 radical (unpaired) electrons. The lowest BCUT2D eigenvalue weighted by molar-refractivity contribution is 0.579. The maximum absolute atomic E-state index is 12.0. The predicted molar refractivity (Wildman–Crippen MR) is 72.7 cm³/mol. The summed E-state index contributed by atoms with van der Waals surface area (Å²) in [6.45, 7) is 0.0758. The number of imidazole rings is 1. The number of nitrogens with one attached hydrogen (secondary N) is 2. The molecule has 0 unspecified atom stereocenters. The third-order valence-electron chi connectivity index (χ3n) is 2.28. The minimum Gasteiger partial charge on any atom is -0.388 e. The van der Waals surface area contributed by atoms with Crippen LogP contribution in [0, 0.1) is 0 Å². The van der Waals surface area contributed by atoms with Crippen LogP contribution in [0.25, 0.3) is 0 Å². The second kappa shape index (κ2) is 5.43. The fourth-order valence-electron chi connectivity index (χ4n) is 1.33. The number of H-pyrrole nitrogens is 1. The van der Waals surface area contributed by atoms with Crippen LogP contribution in [0.15, 0.2) is 35.6 Å². The molecule has 0 fully saturated rings. The number of nitrogens with two attached hydrogens (primary N) is 1. The number of pyridine rings is 1. The molecule has 0 saturated heterocycles. The first-order valence-electron chi connectivity index (χ1n) is 5.23. The Hall–Kier alpha value is -1.84. The van der Waals surface area contributed by atoms with Crippen LogP contribution in [0.2, 0.25) is 0 Å². The van der Waals surface area contributed by atoms with Crippen LogP contribution in [0.4, 0.5) is 0 Å². The van der Waals surface area contributed by atoms with E-state index in [4.69, 9.17) is 18.0 Å². The average Bonchev–Trinajstić information content (AvgIpc) is 2.90. The van der Waals surface area contributed by atoms with Gasteiger partial charge < -0.3 is 10.7 Å². The fourth-order valence-corrected chi connectivity index (χ4v) is 2.38. The molecule has 0 spiro atoms. The van der Waals surface area contributed by atoms with Crippen LogP contribution in [-0.2, 0) is 16.6 Å². The molecule has 2 aromatic heterocycles. The first kappa shape index (κ1) is 13.6. The normalized spacial score (nSPS) is 11.4. The molecule has 4 N–H and O–H groups in total. The highest BCUT2D eigenvalue weighted by atomic mass is 32.2. The number of thiocarbonyl (C=S) groups is 1.